The van der Waals surface area contributed by atoms with E-state index < -0.39 is 0 Å². The van der Waals surface area contributed by atoms with Crippen molar-refractivity contribution in [3.05, 3.63) is 224 Å². The maximum absolute atomic E-state index is 6.51. The first-order valence-corrected chi connectivity index (χ1v) is 20.7. The van der Waals surface area contributed by atoms with Crippen molar-refractivity contribution in [2.24, 2.45) is 0 Å². The van der Waals surface area contributed by atoms with Crippen LogP contribution in [0.3, 0.4) is 0 Å². The van der Waals surface area contributed by atoms with E-state index in [1.54, 1.807) is 0 Å². The summed E-state index contributed by atoms with van der Waals surface area (Å²) in [6.07, 6.45) is 0. The van der Waals surface area contributed by atoms with Gasteiger partial charge in [-0.3, -0.25) is 0 Å². The molecule has 0 radical (unpaired) electrons. The Kier molecular flexibility index (Phi) is 8.17. The smallest absolute Gasteiger partial charge is 0.143 e. The first-order valence-electron chi connectivity index (χ1n) is 20.7. The van der Waals surface area contributed by atoms with Crippen LogP contribution in [0.15, 0.2) is 233 Å². The highest BCUT2D eigenvalue weighted by Gasteiger charge is 2.18. The van der Waals surface area contributed by atoms with Gasteiger partial charge < -0.3 is 13.7 Å². The summed E-state index contributed by atoms with van der Waals surface area (Å²) in [5.74, 6) is 0. The quantitative estimate of drug-likeness (QED) is 0.161. The number of rotatable bonds is 7. The van der Waals surface area contributed by atoms with Gasteiger partial charge >= 0.3 is 0 Å². The van der Waals surface area contributed by atoms with Crippen molar-refractivity contribution < 1.29 is 8.83 Å². The highest BCUT2D eigenvalue weighted by atomic mass is 16.3. The molecule has 0 unspecified atom stereocenters. The van der Waals surface area contributed by atoms with Gasteiger partial charge in [-0.1, -0.05) is 158 Å². The molecule has 0 aliphatic heterocycles. The average Bonchev–Trinajstić information content (AvgIpc) is 3.90. The summed E-state index contributed by atoms with van der Waals surface area (Å²) < 4.78 is 12.7. The van der Waals surface area contributed by atoms with Gasteiger partial charge in [0.2, 0.25) is 0 Å². The average molecular weight is 780 g/mol. The second-order valence-electron chi connectivity index (χ2n) is 15.7. The van der Waals surface area contributed by atoms with Gasteiger partial charge in [0.25, 0.3) is 0 Å². The fourth-order valence-electron chi connectivity index (χ4n) is 8.99. The fraction of sp³-hybridized carbons (Fsp3) is 0. The second-order valence-corrected chi connectivity index (χ2v) is 15.7. The topological polar surface area (TPSA) is 29.5 Å². The maximum atomic E-state index is 6.51. The number of fused-ring (bicyclic) bond motifs is 7. The largest absolute Gasteiger partial charge is 0.456 e. The van der Waals surface area contributed by atoms with Gasteiger partial charge in [0, 0.05) is 44.2 Å². The summed E-state index contributed by atoms with van der Waals surface area (Å²) in [4.78, 5) is 2.35. The van der Waals surface area contributed by atoms with Crippen molar-refractivity contribution in [1.29, 1.82) is 0 Å². The van der Waals surface area contributed by atoms with Crippen LogP contribution in [0.4, 0.5) is 17.1 Å². The van der Waals surface area contributed by atoms with Crippen LogP contribution in [0.2, 0.25) is 0 Å². The van der Waals surface area contributed by atoms with Gasteiger partial charge in [-0.15, -0.1) is 0 Å². The Hall–Kier alpha value is -8.14. The lowest BCUT2D eigenvalue weighted by atomic mass is 9.98. The first-order chi connectivity index (χ1) is 30.2. The number of benzene rings is 10. The zero-order chi connectivity index (χ0) is 40.3. The van der Waals surface area contributed by atoms with Crippen LogP contribution in [-0.4, -0.2) is 0 Å². The molecule has 2 aromatic heterocycles. The van der Waals surface area contributed by atoms with Crippen molar-refractivity contribution in [3.63, 3.8) is 0 Å². The molecule has 0 amide bonds. The van der Waals surface area contributed by atoms with Crippen molar-refractivity contribution in [2.75, 3.05) is 4.90 Å². The standard InChI is InChI=1S/C58H37NO2/c1-2-11-42-34-44(27-26-38(42)10-1)41-24-22-39(23-25-41)40-28-31-47(32-29-40)59(48-14-7-12-43(35-48)45-30-33-57-54(37-45)52-17-4-5-20-55(52)60-57)49-15-8-13-46(36-49)50-18-9-19-53-51-16-3-6-21-56(51)61-58(50)53/h1-37H. The van der Waals surface area contributed by atoms with Gasteiger partial charge in [0.1, 0.15) is 22.3 Å². The third kappa shape index (κ3) is 6.14. The van der Waals surface area contributed by atoms with Crippen LogP contribution < -0.4 is 4.90 Å². The molecule has 3 heteroatoms. The molecule has 0 saturated heterocycles. The molecule has 0 aliphatic carbocycles. The van der Waals surface area contributed by atoms with E-state index in [0.29, 0.717) is 0 Å². The molecule has 2 heterocycles. The molecular formula is C58H37NO2. The van der Waals surface area contributed by atoms with Gasteiger partial charge in [-0.05, 0) is 116 Å². The summed E-state index contributed by atoms with van der Waals surface area (Å²) in [7, 11) is 0. The summed E-state index contributed by atoms with van der Waals surface area (Å²) in [5.41, 5.74) is 15.9. The predicted octanol–water partition coefficient (Wildman–Crippen LogP) is 16.8. The lowest BCUT2D eigenvalue weighted by Gasteiger charge is -2.27. The molecule has 0 aliphatic rings. The molecule has 10 aromatic carbocycles. The molecule has 12 rings (SSSR count). The van der Waals surface area contributed by atoms with E-state index in [1.165, 1.54) is 27.5 Å². The number of nitrogens with zero attached hydrogens (tertiary/aromatic N) is 1. The lowest BCUT2D eigenvalue weighted by molar-refractivity contribution is 0.669. The third-order valence-corrected chi connectivity index (χ3v) is 12.1. The Morgan fingerprint density at radius 1 is 0.262 bits per heavy atom. The van der Waals surface area contributed by atoms with Gasteiger partial charge in [0.05, 0.1) is 0 Å². The van der Waals surface area contributed by atoms with E-state index >= 15 is 0 Å². The van der Waals surface area contributed by atoms with E-state index in [9.17, 15) is 0 Å². The van der Waals surface area contributed by atoms with Crippen molar-refractivity contribution >= 4 is 71.7 Å². The Bertz CT molecular complexity index is 3590. The van der Waals surface area contributed by atoms with E-state index in [1.807, 2.05) is 24.3 Å². The molecular weight excluding hydrogens is 743 g/mol. The second kappa shape index (κ2) is 14.3. The maximum Gasteiger partial charge on any atom is 0.143 e. The van der Waals surface area contributed by atoms with Gasteiger partial charge in [-0.2, -0.15) is 0 Å². The minimum atomic E-state index is 0.891. The van der Waals surface area contributed by atoms with Crippen LogP contribution in [0.1, 0.15) is 0 Å². The zero-order valence-corrected chi connectivity index (χ0v) is 33.1. The molecule has 12 aromatic rings. The summed E-state index contributed by atoms with van der Waals surface area (Å²) in [6, 6.07) is 80.1. The molecule has 0 N–H and O–H groups in total. The Morgan fingerprint density at radius 3 is 1.54 bits per heavy atom. The van der Waals surface area contributed by atoms with Crippen LogP contribution in [-0.2, 0) is 0 Å². The summed E-state index contributed by atoms with van der Waals surface area (Å²) >= 11 is 0. The lowest BCUT2D eigenvalue weighted by Crippen LogP contribution is -2.10. The Morgan fingerprint density at radius 2 is 0.770 bits per heavy atom. The van der Waals surface area contributed by atoms with Gasteiger partial charge in [0.15, 0.2) is 0 Å². The molecule has 0 bridgehead atoms. The van der Waals surface area contributed by atoms with Crippen molar-refractivity contribution in [1.82, 2.24) is 0 Å². The molecule has 0 atom stereocenters. The minimum absolute atomic E-state index is 0.891. The van der Waals surface area contributed by atoms with Crippen molar-refractivity contribution in [2.45, 2.75) is 0 Å². The number of furan rings is 2. The summed E-state index contributed by atoms with van der Waals surface area (Å²) in [5, 5.41) is 6.98. The first kappa shape index (κ1) is 34.9. The fourth-order valence-corrected chi connectivity index (χ4v) is 8.99. The van der Waals surface area contributed by atoms with E-state index in [0.717, 1.165) is 88.8 Å². The highest BCUT2D eigenvalue weighted by molar-refractivity contribution is 6.10. The van der Waals surface area contributed by atoms with Crippen LogP contribution >= 0.6 is 0 Å². The predicted molar refractivity (Wildman–Crippen MR) is 255 cm³/mol. The van der Waals surface area contributed by atoms with Gasteiger partial charge in [-0.25, -0.2) is 0 Å². The monoisotopic (exact) mass is 779 g/mol. The number of para-hydroxylation sites is 3. The number of hydrogen-bond acceptors (Lipinski definition) is 3. The van der Waals surface area contributed by atoms with E-state index in [-0.39, 0.29) is 0 Å². The zero-order valence-electron chi connectivity index (χ0n) is 33.1. The normalized spacial score (nSPS) is 11.6. The summed E-state index contributed by atoms with van der Waals surface area (Å²) in [6.45, 7) is 0. The van der Waals surface area contributed by atoms with Crippen LogP contribution in [0.25, 0.3) is 99.2 Å². The SMILES string of the molecule is c1cc(-c2ccc3oc4ccccc4c3c2)cc(N(c2ccc(-c3ccc(-c4ccc5ccccc5c4)cc3)cc2)c2cccc(-c3cccc4c3oc3ccccc34)c2)c1. The number of anilines is 3. The molecule has 0 fully saturated rings. The third-order valence-electron chi connectivity index (χ3n) is 12.1. The molecule has 3 nitrogen and oxygen atoms in total. The molecule has 0 saturated carbocycles. The van der Waals surface area contributed by atoms with Crippen LogP contribution in [0.5, 0.6) is 0 Å². The van der Waals surface area contributed by atoms with Crippen molar-refractivity contribution in [3.8, 4) is 44.5 Å². The Labute approximate surface area is 353 Å². The van der Waals surface area contributed by atoms with E-state index in [2.05, 4.69) is 205 Å². The molecule has 61 heavy (non-hydrogen) atoms. The molecule has 0 spiro atoms. The van der Waals surface area contributed by atoms with E-state index in [4.69, 9.17) is 8.83 Å². The van der Waals surface area contributed by atoms with Crippen LogP contribution in [0, 0.1) is 0 Å². The molecule has 286 valence electrons. The minimum Gasteiger partial charge on any atom is -0.456 e. The highest BCUT2D eigenvalue weighted by Crippen LogP contribution is 2.42. The Balaban J connectivity index is 0.945. The number of hydrogen-bond donors (Lipinski definition) is 0.